The lowest BCUT2D eigenvalue weighted by Gasteiger charge is -2.61. The van der Waals surface area contributed by atoms with Crippen LogP contribution in [0, 0.1) is 11.3 Å². The first-order valence-electron chi connectivity index (χ1n) is 20.8. The number of aromatic nitrogens is 3. The molecule has 6 aliphatic rings. The van der Waals surface area contributed by atoms with Gasteiger partial charge in [0.2, 0.25) is 17.8 Å². The van der Waals surface area contributed by atoms with Crippen molar-refractivity contribution in [2.24, 2.45) is 11.3 Å². The lowest BCUT2D eigenvalue weighted by atomic mass is 9.72. The Hall–Kier alpha value is -4.88. The third kappa shape index (κ3) is 6.56. The molecule has 3 amide bonds. The van der Waals surface area contributed by atoms with Gasteiger partial charge in [0.1, 0.15) is 11.7 Å². The topological polar surface area (TPSA) is 121 Å². The van der Waals surface area contributed by atoms with Crippen molar-refractivity contribution in [2.45, 2.75) is 83.2 Å². The first kappa shape index (κ1) is 36.5. The highest BCUT2D eigenvalue weighted by Gasteiger charge is 2.52. The first-order valence-corrected chi connectivity index (χ1v) is 20.8. The summed E-state index contributed by atoms with van der Waals surface area (Å²) in [5, 5.41) is 3.62. The van der Waals surface area contributed by atoms with Crippen molar-refractivity contribution >= 4 is 40.3 Å². The summed E-state index contributed by atoms with van der Waals surface area (Å²) < 4.78 is 15.2. The Bertz CT molecular complexity index is 2230. The van der Waals surface area contributed by atoms with Crippen molar-refractivity contribution in [1.29, 1.82) is 0 Å². The summed E-state index contributed by atoms with van der Waals surface area (Å²) in [6.45, 7) is 13.5. The average molecular weight is 774 g/mol. The monoisotopic (exact) mass is 773 g/mol. The zero-order valence-electron chi connectivity index (χ0n) is 33.1. The number of fused-ring (bicyclic) bond motifs is 4. The number of alkyl halides is 1. The van der Waals surface area contributed by atoms with Crippen LogP contribution in [0.15, 0.2) is 54.9 Å². The molecule has 8 heterocycles. The van der Waals surface area contributed by atoms with Gasteiger partial charge in [0, 0.05) is 123 Å². The number of aromatic amines is 1. The van der Waals surface area contributed by atoms with Crippen LogP contribution >= 0.6 is 0 Å². The number of H-pyrrole nitrogens is 1. The van der Waals surface area contributed by atoms with E-state index in [9.17, 15) is 14.4 Å². The van der Waals surface area contributed by atoms with Gasteiger partial charge in [-0.25, -0.2) is 14.4 Å². The molecule has 4 aromatic rings. The summed E-state index contributed by atoms with van der Waals surface area (Å²) in [4.78, 5) is 62.0. The maximum absolute atomic E-state index is 15.2. The minimum absolute atomic E-state index is 0.127. The number of benzene rings is 2. The molecule has 10 rings (SSSR count). The van der Waals surface area contributed by atoms with Gasteiger partial charge in [0.05, 0.1) is 6.04 Å². The fourth-order valence-corrected chi connectivity index (χ4v) is 10.8. The third-order valence-electron chi connectivity index (χ3n) is 13.5. The highest BCUT2D eigenvalue weighted by atomic mass is 19.1. The number of carbonyl (C=O) groups is 3. The molecule has 12 nitrogen and oxygen atoms in total. The van der Waals surface area contributed by atoms with E-state index in [2.05, 4.69) is 67.2 Å². The zero-order valence-corrected chi connectivity index (χ0v) is 33.1. The zero-order chi connectivity index (χ0) is 39.2. The number of likely N-dealkylation sites (tertiary alicyclic amines) is 1. The van der Waals surface area contributed by atoms with Gasteiger partial charge in [-0.2, -0.15) is 0 Å². The van der Waals surface area contributed by atoms with Crippen molar-refractivity contribution in [3.05, 3.63) is 82.8 Å². The number of halogens is 1. The first-order chi connectivity index (χ1) is 27.4. The van der Waals surface area contributed by atoms with Gasteiger partial charge in [-0.3, -0.25) is 24.6 Å². The van der Waals surface area contributed by atoms with Crippen LogP contribution in [-0.2, 0) is 22.6 Å². The van der Waals surface area contributed by atoms with E-state index in [4.69, 9.17) is 9.97 Å². The summed E-state index contributed by atoms with van der Waals surface area (Å²) in [6, 6.07) is 13.9. The summed E-state index contributed by atoms with van der Waals surface area (Å²) in [5.74, 6) is 0.648. The fraction of sp³-hybridized carbons (Fsp3) is 0.523. The number of para-hydroxylation sites is 1. The number of nitrogens with one attached hydrogen (secondary N) is 2. The van der Waals surface area contributed by atoms with E-state index in [-0.39, 0.29) is 36.2 Å². The van der Waals surface area contributed by atoms with Crippen LogP contribution in [0.4, 0.5) is 16.0 Å². The SMILES string of the molecule is C[C@@H]1Cc2c([nH]c3ccccc23)[C@@H](c2cnc(N3CCC(CN4CC5(C4)CN(c4ccc6c(c4)CN(C4CCC(=O)NC4=O)C6=O)C5)CC3)nc2)N1CC(C)(C)F. The van der Waals surface area contributed by atoms with Crippen molar-refractivity contribution in [1.82, 2.24) is 35.0 Å². The van der Waals surface area contributed by atoms with Gasteiger partial charge in [0.25, 0.3) is 5.91 Å². The van der Waals surface area contributed by atoms with Crippen molar-refractivity contribution in [2.75, 3.05) is 62.2 Å². The molecule has 0 aliphatic carbocycles. The molecule has 2 aromatic carbocycles. The molecule has 298 valence electrons. The lowest BCUT2D eigenvalue weighted by Crippen LogP contribution is -2.72. The van der Waals surface area contributed by atoms with Crippen LogP contribution in [-0.4, -0.2) is 117 Å². The number of rotatable bonds is 8. The Kier molecular flexibility index (Phi) is 8.71. The second-order valence-electron chi connectivity index (χ2n) is 18.4. The normalized spacial score (nSPS) is 25.4. The van der Waals surface area contributed by atoms with E-state index >= 15 is 4.39 Å². The molecule has 1 unspecified atom stereocenters. The van der Waals surface area contributed by atoms with E-state index < -0.39 is 11.7 Å². The second kappa shape index (κ2) is 13.6. The third-order valence-corrected chi connectivity index (χ3v) is 13.5. The van der Waals surface area contributed by atoms with E-state index in [1.165, 1.54) is 10.9 Å². The van der Waals surface area contributed by atoms with Gasteiger partial charge in [-0.1, -0.05) is 18.2 Å². The number of nitrogens with zero attached hydrogens (tertiary/aromatic N) is 7. The Morgan fingerprint density at radius 2 is 1.70 bits per heavy atom. The van der Waals surface area contributed by atoms with Gasteiger partial charge in [0.15, 0.2) is 0 Å². The summed E-state index contributed by atoms with van der Waals surface area (Å²) in [6.07, 6.45) is 7.65. The van der Waals surface area contributed by atoms with Gasteiger partial charge < -0.3 is 24.6 Å². The number of piperidine rings is 2. The minimum Gasteiger partial charge on any atom is -0.370 e. The smallest absolute Gasteiger partial charge is 0.255 e. The van der Waals surface area contributed by atoms with E-state index in [1.807, 2.05) is 24.5 Å². The van der Waals surface area contributed by atoms with E-state index in [1.54, 1.807) is 18.7 Å². The highest BCUT2D eigenvalue weighted by molar-refractivity contribution is 6.05. The standard InChI is InChI=1S/C44H52FN9O3/c1-27-16-34-33-6-4-5-7-35(33)48-38(34)39(54(27)22-43(2,3)45)30-18-46-42(47-19-30)51-14-12-28(13-15-51)20-50-23-44(24-50)25-52(26-44)31-8-9-32-29(17-31)21-53(41(32)57)36-10-11-37(55)49-40(36)56/h4-9,17-19,27-28,36,39,48H,10-16,20-26H2,1-3H3,(H,49,55,56)/t27-,36?,39-/m1/s1. The van der Waals surface area contributed by atoms with Crippen LogP contribution in [0.25, 0.3) is 10.9 Å². The Labute approximate surface area is 332 Å². The Balaban J connectivity index is 0.722. The molecule has 4 saturated heterocycles. The number of hydrogen-bond acceptors (Lipinski definition) is 9. The minimum atomic E-state index is -1.34. The van der Waals surface area contributed by atoms with Crippen molar-refractivity contribution in [3.63, 3.8) is 0 Å². The number of hydrogen-bond donors (Lipinski definition) is 2. The number of anilines is 2. The van der Waals surface area contributed by atoms with Crippen molar-refractivity contribution < 1.29 is 18.8 Å². The van der Waals surface area contributed by atoms with Crippen molar-refractivity contribution in [3.8, 4) is 0 Å². The van der Waals surface area contributed by atoms with Gasteiger partial charge >= 0.3 is 0 Å². The van der Waals surface area contributed by atoms with E-state index in [0.29, 0.717) is 36.4 Å². The summed E-state index contributed by atoms with van der Waals surface area (Å²) in [5.41, 5.74) is 6.28. The van der Waals surface area contributed by atoms with Gasteiger partial charge in [-0.15, -0.1) is 0 Å². The number of carbonyl (C=O) groups excluding carboxylic acids is 3. The Morgan fingerprint density at radius 1 is 0.947 bits per heavy atom. The molecule has 0 bridgehead atoms. The predicted octanol–water partition coefficient (Wildman–Crippen LogP) is 4.84. The predicted molar refractivity (Wildman–Crippen MR) is 216 cm³/mol. The largest absolute Gasteiger partial charge is 0.370 e. The van der Waals surface area contributed by atoms with Crippen LogP contribution in [0.5, 0.6) is 0 Å². The second-order valence-corrected chi connectivity index (χ2v) is 18.4. The van der Waals surface area contributed by atoms with Crippen LogP contribution in [0.3, 0.4) is 0 Å². The molecule has 0 radical (unpaired) electrons. The molecule has 0 saturated carbocycles. The lowest BCUT2D eigenvalue weighted by molar-refractivity contribution is -0.136. The Morgan fingerprint density at radius 3 is 2.44 bits per heavy atom. The molecule has 6 aliphatic heterocycles. The number of imide groups is 1. The summed E-state index contributed by atoms with van der Waals surface area (Å²) >= 11 is 0. The van der Waals surface area contributed by atoms with Gasteiger partial charge in [-0.05, 0) is 87.8 Å². The maximum Gasteiger partial charge on any atom is 0.255 e. The molecule has 13 heteroatoms. The molecule has 4 fully saturated rings. The number of amides is 3. The quantitative estimate of drug-likeness (QED) is 0.243. The van der Waals surface area contributed by atoms with Crippen LogP contribution < -0.4 is 15.1 Å². The fourth-order valence-electron chi connectivity index (χ4n) is 10.8. The molecule has 1 spiro atoms. The maximum atomic E-state index is 15.2. The molecule has 57 heavy (non-hydrogen) atoms. The molecule has 2 N–H and O–H groups in total. The van der Waals surface area contributed by atoms with E-state index in [0.717, 1.165) is 99.0 Å². The van der Waals surface area contributed by atoms with Crippen LogP contribution in [0.2, 0.25) is 0 Å². The molecular weight excluding hydrogens is 722 g/mol. The summed E-state index contributed by atoms with van der Waals surface area (Å²) in [7, 11) is 0. The highest BCUT2D eigenvalue weighted by Crippen LogP contribution is 2.44. The van der Waals surface area contributed by atoms with Crippen LogP contribution in [0.1, 0.15) is 85.2 Å². The molecule has 2 aromatic heterocycles. The molecule has 3 atom stereocenters. The average Bonchev–Trinajstić information content (AvgIpc) is 3.68. The molecular formula is C44H52FN9O3.